The highest BCUT2D eigenvalue weighted by atomic mass is 127. The minimum atomic E-state index is -0.487. The number of carbonyl (C=O) groups is 1. The van der Waals surface area contributed by atoms with E-state index in [1.54, 1.807) is 24.3 Å². The number of anilines is 1. The third kappa shape index (κ3) is 5.94. The molecule has 0 aliphatic heterocycles. The Balaban J connectivity index is 1.85. The van der Waals surface area contributed by atoms with Gasteiger partial charge < -0.3 is 14.8 Å². The zero-order valence-electron chi connectivity index (χ0n) is 19.0. The number of nitrogens with zero attached hydrogens (tertiary/aromatic N) is 2. The molecule has 0 aliphatic carbocycles. The predicted molar refractivity (Wildman–Crippen MR) is 139 cm³/mol. The van der Waals surface area contributed by atoms with Crippen molar-refractivity contribution < 1.29 is 14.3 Å². The Morgan fingerprint density at radius 3 is 2.59 bits per heavy atom. The third-order valence-corrected chi connectivity index (χ3v) is 5.88. The van der Waals surface area contributed by atoms with Crippen molar-refractivity contribution in [1.82, 2.24) is 0 Å². The number of methoxy groups -OCH3 is 1. The van der Waals surface area contributed by atoms with E-state index in [1.807, 2.05) is 50.2 Å². The number of rotatable bonds is 7. The third-order valence-electron chi connectivity index (χ3n) is 5.08. The Bertz CT molecular complexity index is 1350. The second-order valence-corrected chi connectivity index (χ2v) is 8.70. The highest BCUT2D eigenvalue weighted by Crippen LogP contribution is 2.35. The van der Waals surface area contributed by atoms with E-state index in [4.69, 9.17) is 9.47 Å². The highest BCUT2D eigenvalue weighted by molar-refractivity contribution is 14.1. The molecule has 3 aromatic rings. The summed E-state index contributed by atoms with van der Waals surface area (Å²) < 4.78 is 12.2. The van der Waals surface area contributed by atoms with Crippen LogP contribution in [0.3, 0.4) is 0 Å². The smallest absolute Gasteiger partial charge is 0.266 e. The largest absolute Gasteiger partial charge is 0.493 e. The molecule has 0 bridgehead atoms. The summed E-state index contributed by atoms with van der Waals surface area (Å²) in [6.45, 7) is 4.03. The number of nitrogens with one attached hydrogen (secondary N) is 1. The van der Waals surface area contributed by atoms with Crippen molar-refractivity contribution in [2.45, 2.75) is 20.5 Å². The van der Waals surface area contributed by atoms with Gasteiger partial charge in [-0.1, -0.05) is 30.3 Å². The van der Waals surface area contributed by atoms with Gasteiger partial charge in [-0.3, -0.25) is 4.79 Å². The molecule has 1 N–H and O–H groups in total. The van der Waals surface area contributed by atoms with Crippen LogP contribution in [0.15, 0.2) is 60.2 Å². The monoisotopic (exact) mass is 563 g/mol. The van der Waals surface area contributed by atoms with Gasteiger partial charge in [0.05, 0.1) is 22.3 Å². The summed E-state index contributed by atoms with van der Waals surface area (Å²) in [4.78, 5) is 12.8. The molecule has 0 heterocycles. The van der Waals surface area contributed by atoms with Gasteiger partial charge in [0.1, 0.15) is 18.2 Å². The summed E-state index contributed by atoms with van der Waals surface area (Å²) in [5.74, 6) is 0.491. The van der Waals surface area contributed by atoms with Crippen LogP contribution < -0.4 is 14.8 Å². The molecule has 170 valence electrons. The Morgan fingerprint density at radius 2 is 1.88 bits per heavy atom. The van der Waals surface area contributed by atoms with Crippen LogP contribution in [-0.2, 0) is 11.4 Å². The maximum Gasteiger partial charge on any atom is 0.266 e. The number of nitriles is 2. The van der Waals surface area contributed by atoms with E-state index < -0.39 is 5.91 Å². The molecule has 0 radical (unpaired) electrons. The molecule has 0 saturated carbocycles. The first-order valence-corrected chi connectivity index (χ1v) is 11.4. The Morgan fingerprint density at radius 1 is 1.12 bits per heavy atom. The van der Waals surface area contributed by atoms with Crippen LogP contribution in [0.1, 0.15) is 27.8 Å². The molecule has 0 saturated heterocycles. The molecule has 3 aromatic carbocycles. The predicted octanol–water partition coefficient (Wildman–Crippen LogP) is 5.91. The van der Waals surface area contributed by atoms with Crippen LogP contribution >= 0.6 is 22.6 Å². The average molecular weight is 563 g/mol. The quantitative estimate of drug-likeness (QED) is 0.219. The number of amides is 1. The van der Waals surface area contributed by atoms with Gasteiger partial charge in [0.15, 0.2) is 11.5 Å². The van der Waals surface area contributed by atoms with Crippen molar-refractivity contribution in [3.63, 3.8) is 0 Å². The second kappa shape index (κ2) is 11.4. The lowest BCUT2D eigenvalue weighted by atomic mass is 10.1. The van der Waals surface area contributed by atoms with E-state index >= 15 is 0 Å². The van der Waals surface area contributed by atoms with Crippen LogP contribution in [0.4, 0.5) is 5.69 Å². The number of hydrogen-bond acceptors (Lipinski definition) is 5. The summed E-state index contributed by atoms with van der Waals surface area (Å²) in [5, 5.41) is 21.7. The fourth-order valence-corrected chi connectivity index (χ4v) is 4.02. The standard InChI is InChI=1S/C27H22IN3O3/c1-17-8-9-18(2)24(10-17)31-27(32)22(15-30)11-19-12-23(28)26(25(13-19)33-3)34-16-21-7-5-4-6-20(21)14-29/h4-13H,16H2,1-3H3,(H,31,32)/b22-11+. The fourth-order valence-electron chi connectivity index (χ4n) is 3.24. The van der Waals surface area contributed by atoms with Gasteiger partial charge in [0.2, 0.25) is 0 Å². The Hall–Kier alpha value is -3.82. The molecule has 34 heavy (non-hydrogen) atoms. The molecule has 7 heteroatoms. The van der Waals surface area contributed by atoms with Crippen molar-refractivity contribution in [2.75, 3.05) is 12.4 Å². The minimum absolute atomic E-state index is 0.0321. The Labute approximate surface area is 212 Å². The van der Waals surface area contributed by atoms with Crippen LogP contribution in [0, 0.1) is 40.1 Å². The number of carbonyl (C=O) groups excluding carboxylic acids is 1. The first kappa shape index (κ1) is 24.8. The van der Waals surface area contributed by atoms with E-state index in [1.165, 1.54) is 13.2 Å². The molecule has 1 amide bonds. The second-order valence-electron chi connectivity index (χ2n) is 7.53. The maximum atomic E-state index is 12.8. The van der Waals surface area contributed by atoms with E-state index in [9.17, 15) is 15.3 Å². The van der Waals surface area contributed by atoms with Crippen molar-refractivity contribution in [3.8, 4) is 23.6 Å². The van der Waals surface area contributed by atoms with Crippen LogP contribution in [0.25, 0.3) is 6.08 Å². The number of halogens is 1. The summed E-state index contributed by atoms with van der Waals surface area (Å²) >= 11 is 2.12. The summed E-state index contributed by atoms with van der Waals surface area (Å²) in [6, 6.07) is 20.6. The van der Waals surface area contributed by atoms with E-state index in [-0.39, 0.29) is 12.2 Å². The van der Waals surface area contributed by atoms with Gasteiger partial charge in [0, 0.05) is 11.3 Å². The van der Waals surface area contributed by atoms with E-state index in [0.717, 1.165) is 20.3 Å². The van der Waals surface area contributed by atoms with Gasteiger partial charge in [-0.2, -0.15) is 10.5 Å². The van der Waals surface area contributed by atoms with Gasteiger partial charge in [-0.25, -0.2) is 0 Å². The van der Waals surface area contributed by atoms with Gasteiger partial charge in [-0.05, 0) is 83.5 Å². The normalized spacial score (nSPS) is 10.7. The number of hydrogen-bond donors (Lipinski definition) is 1. The van der Waals surface area contributed by atoms with E-state index in [2.05, 4.69) is 34.0 Å². The topological polar surface area (TPSA) is 95.1 Å². The minimum Gasteiger partial charge on any atom is -0.493 e. The molecular weight excluding hydrogens is 541 g/mol. The molecule has 0 unspecified atom stereocenters. The van der Waals surface area contributed by atoms with Crippen molar-refractivity contribution >= 4 is 40.3 Å². The Kier molecular flexibility index (Phi) is 8.29. The van der Waals surface area contributed by atoms with Gasteiger partial charge >= 0.3 is 0 Å². The highest BCUT2D eigenvalue weighted by Gasteiger charge is 2.15. The summed E-state index contributed by atoms with van der Waals surface area (Å²) in [7, 11) is 1.52. The number of aryl methyl sites for hydroxylation is 2. The molecule has 0 atom stereocenters. The fraction of sp³-hybridized carbons (Fsp3) is 0.148. The molecule has 0 fully saturated rings. The number of ether oxygens (including phenoxy) is 2. The maximum absolute atomic E-state index is 12.8. The molecule has 0 spiro atoms. The zero-order valence-corrected chi connectivity index (χ0v) is 21.1. The molecule has 0 aliphatic rings. The number of benzene rings is 3. The first-order valence-electron chi connectivity index (χ1n) is 10.3. The average Bonchev–Trinajstić information content (AvgIpc) is 2.83. The SMILES string of the molecule is COc1cc(/C=C(\C#N)C(=O)Nc2cc(C)ccc2C)cc(I)c1OCc1ccccc1C#N. The van der Waals surface area contributed by atoms with Crippen LogP contribution in [-0.4, -0.2) is 13.0 Å². The molecular formula is C27H22IN3O3. The molecule has 0 aromatic heterocycles. The van der Waals surface area contributed by atoms with Crippen molar-refractivity contribution in [3.05, 3.63) is 91.6 Å². The lowest BCUT2D eigenvalue weighted by molar-refractivity contribution is -0.112. The molecule has 3 rings (SSSR count). The first-order chi connectivity index (χ1) is 16.4. The van der Waals surface area contributed by atoms with Crippen molar-refractivity contribution in [2.24, 2.45) is 0 Å². The lowest BCUT2D eigenvalue weighted by Gasteiger charge is -2.14. The van der Waals surface area contributed by atoms with Crippen LogP contribution in [0.2, 0.25) is 0 Å². The van der Waals surface area contributed by atoms with Gasteiger partial charge in [0.25, 0.3) is 5.91 Å². The summed E-state index contributed by atoms with van der Waals surface area (Å²) in [5.41, 5.74) is 4.49. The molecule has 6 nitrogen and oxygen atoms in total. The lowest BCUT2D eigenvalue weighted by Crippen LogP contribution is -2.14. The zero-order chi connectivity index (χ0) is 24.7. The van der Waals surface area contributed by atoms with Crippen molar-refractivity contribution in [1.29, 1.82) is 10.5 Å². The van der Waals surface area contributed by atoms with E-state index in [0.29, 0.717) is 28.3 Å². The van der Waals surface area contributed by atoms with Gasteiger partial charge in [-0.15, -0.1) is 0 Å². The summed E-state index contributed by atoms with van der Waals surface area (Å²) in [6.07, 6.45) is 1.51. The van der Waals surface area contributed by atoms with Crippen LogP contribution in [0.5, 0.6) is 11.5 Å².